The topological polar surface area (TPSA) is 61.0 Å². The highest BCUT2D eigenvalue weighted by Crippen LogP contribution is 2.33. The molecule has 0 radical (unpaired) electrons. The van der Waals surface area contributed by atoms with E-state index in [1.807, 2.05) is 0 Å². The summed E-state index contributed by atoms with van der Waals surface area (Å²) in [6, 6.07) is 2.80. The molecule has 0 bridgehead atoms. The smallest absolute Gasteiger partial charge is 0.183 e. The van der Waals surface area contributed by atoms with Gasteiger partial charge in [0.05, 0.1) is 23.9 Å². The Hall–Kier alpha value is -1.95. The molecule has 0 spiro atoms. The first kappa shape index (κ1) is 12.5. The normalized spacial score (nSPS) is 10.4. The summed E-state index contributed by atoms with van der Waals surface area (Å²) in [7, 11) is 1.29. The van der Waals surface area contributed by atoms with Crippen molar-refractivity contribution in [2.24, 2.45) is 0 Å². The summed E-state index contributed by atoms with van der Waals surface area (Å²) in [6.07, 6.45) is 0.873. The van der Waals surface area contributed by atoms with Crippen LogP contribution in [-0.4, -0.2) is 17.1 Å². The van der Waals surface area contributed by atoms with Crippen LogP contribution in [0.2, 0.25) is 5.02 Å². The summed E-state index contributed by atoms with van der Waals surface area (Å²) in [5, 5.41) is 0.119. The number of nitrogen functional groups attached to an aromatic ring is 1. The summed E-state index contributed by atoms with van der Waals surface area (Å²) in [6.45, 7) is 0. The zero-order valence-electron chi connectivity index (χ0n) is 9.25. The second-order valence-electron chi connectivity index (χ2n) is 3.37. The number of hydrogen-bond donors (Lipinski definition) is 1. The van der Waals surface area contributed by atoms with Gasteiger partial charge in [0.1, 0.15) is 0 Å². The maximum atomic E-state index is 14.0. The van der Waals surface area contributed by atoms with Gasteiger partial charge in [-0.25, -0.2) is 18.7 Å². The van der Waals surface area contributed by atoms with E-state index in [0.717, 1.165) is 6.20 Å². The van der Waals surface area contributed by atoms with E-state index in [1.54, 1.807) is 0 Å². The van der Waals surface area contributed by atoms with Crippen molar-refractivity contribution >= 4 is 17.4 Å². The van der Waals surface area contributed by atoms with E-state index in [0.29, 0.717) is 0 Å². The van der Waals surface area contributed by atoms with Gasteiger partial charge in [-0.3, -0.25) is 0 Å². The van der Waals surface area contributed by atoms with Gasteiger partial charge in [0.25, 0.3) is 0 Å². The van der Waals surface area contributed by atoms with Gasteiger partial charge < -0.3 is 10.5 Å². The minimum absolute atomic E-state index is 0.0305. The average Bonchev–Trinajstić information content (AvgIpc) is 2.34. The third-order valence-electron chi connectivity index (χ3n) is 2.27. The van der Waals surface area contributed by atoms with Crippen LogP contribution < -0.4 is 10.5 Å². The number of ether oxygens (including phenoxy) is 1. The Morgan fingerprint density at radius 1 is 1.33 bits per heavy atom. The lowest BCUT2D eigenvalue weighted by molar-refractivity contribution is 0.387. The Morgan fingerprint density at radius 3 is 2.67 bits per heavy atom. The molecule has 4 nitrogen and oxygen atoms in total. The molecule has 1 heterocycles. The Kier molecular flexibility index (Phi) is 3.29. The summed E-state index contributed by atoms with van der Waals surface area (Å²) < 4.78 is 31.8. The lowest BCUT2D eigenvalue weighted by atomic mass is 10.2. The van der Waals surface area contributed by atoms with Crippen molar-refractivity contribution in [2.45, 2.75) is 0 Å². The molecule has 1 aromatic heterocycles. The molecule has 0 saturated heterocycles. The van der Waals surface area contributed by atoms with Gasteiger partial charge in [-0.1, -0.05) is 11.6 Å². The number of aromatic nitrogens is 2. The highest BCUT2D eigenvalue weighted by molar-refractivity contribution is 6.32. The maximum absolute atomic E-state index is 14.0. The first-order valence-corrected chi connectivity index (χ1v) is 5.22. The van der Waals surface area contributed by atoms with Gasteiger partial charge in [-0.15, -0.1) is 0 Å². The molecule has 94 valence electrons. The monoisotopic (exact) mass is 271 g/mol. The van der Waals surface area contributed by atoms with E-state index >= 15 is 0 Å². The van der Waals surface area contributed by atoms with E-state index in [1.165, 1.54) is 19.2 Å². The number of benzene rings is 1. The van der Waals surface area contributed by atoms with Crippen molar-refractivity contribution < 1.29 is 13.5 Å². The molecule has 0 aliphatic rings. The summed E-state index contributed by atoms with van der Waals surface area (Å²) in [5.74, 6) is -2.01. The molecule has 0 amide bonds. The fourth-order valence-electron chi connectivity index (χ4n) is 1.40. The average molecular weight is 272 g/mol. The molecule has 0 atom stereocenters. The Bertz CT molecular complexity index is 607. The van der Waals surface area contributed by atoms with E-state index in [4.69, 9.17) is 22.1 Å². The van der Waals surface area contributed by atoms with Crippen LogP contribution in [0.1, 0.15) is 0 Å². The van der Waals surface area contributed by atoms with Crippen LogP contribution in [0, 0.1) is 11.6 Å². The Balaban J connectivity index is 2.60. The third kappa shape index (κ3) is 2.06. The second-order valence-corrected chi connectivity index (χ2v) is 3.78. The minimum atomic E-state index is -0.764. The number of rotatable bonds is 2. The van der Waals surface area contributed by atoms with Crippen molar-refractivity contribution in [3.63, 3.8) is 0 Å². The van der Waals surface area contributed by atoms with Crippen molar-refractivity contribution in [1.82, 2.24) is 9.97 Å². The zero-order valence-corrected chi connectivity index (χ0v) is 10.0. The molecule has 1 aromatic carbocycles. The molecule has 0 aliphatic heterocycles. The Labute approximate surface area is 106 Å². The number of halogens is 3. The molecule has 7 heteroatoms. The van der Waals surface area contributed by atoms with Crippen LogP contribution in [0.25, 0.3) is 11.4 Å². The van der Waals surface area contributed by atoms with E-state index in [-0.39, 0.29) is 28.0 Å². The van der Waals surface area contributed by atoms with Gasteiger partial charge in [-0.2, -0.15) is 0 Å². The van der Waals surface area contributed by atoms with Crippen LogP contribution >= 0.6 is 11.6 Å². The molecule has 0 fully saturated rings. The standard InChI is InChI=1S/C11H8ClF2N3O/c1-18-9-6(12)3-2-5(8(9)14)11-16-4-7(13)10(15)17-11/h2-4H,1H3,(H2,15,16,17). The molecule has 0 saturated carbocycles. The summed E-state index contributed by atoms with van der Waals surface area (Å²) in [4.78, 5) is 7.33. The fraction of sp³-hybridized carbons (Fsp3) is 0.0909. The van der Waals surface area contributed by atoms with Gasteiger partial charge in [0.2, 0.25) is 0 Å². The second kappa shape index (κ2) is 4.73. The molecule has 18 heavy (non-hydrogen) atoms. The highest BCUT2D eigenvalue weighted by Gasteiger charge is 2.17. The van der Waals surface area contributed by atoms with Gasteiger partial charge in [-0.05, 0) is 12.1 Å². The van der Waals surface area contributed by atoms with Crippen molar-refractivity contribution in [1.29, 1.82) is 0 Å². The number of hydrogen-bond acceptors (Lipinski definition) is 4. The van der Waals surface area contributed by atoms with Crippen molar-refractivity contribution in [3.05, 3.63) is 35.0 Å². The molecule has 0 aliphatic carbocycles. The first-order chi connectivity index (χ1) is 8.54. The number of nitrogens with two attached hydrogens (primary N) is 1. The first-order valence-electron chi connectivity index (χ1n) is 4.85. The zero-order chi connectivity index (χ0) is 13.3. The molecule has 2 N–H and O–H groups in total. The van der Waals surface area contributed by atoms with Crippen LogP contribution in [0.4, 0.5) is 14.6 Å². The fourth-order valence-corrected chi connectivity index (χ4v) is 1.63. The number of nitrogens with zero attached hydrogens (tertiary/aromatic N) is 2. The molecular weight excluding hydrogens is 264 g/mol. The largest absolute Gasteiger partial charge is 0.492 e. The van der Waals surface area contributed by atoms with Gasteiger partial charge in [0, 0.05) is 0 Å². The third-order valence-corrected chi connectivity index (χ3v) is 2.56. The van der Waals surface area contributed by atoms with E-state index < -0.39 is 11.6 Å². The van der Waals surface area contributed by atoms with Gasteiger partial charge >= 0.3 is 0 Å². The quantitative estimate of drug-likeness (QED) is 0.912. The SMILES string of the molecule is COc1c(Cl)ccc(-c2ncc(F)c(N)n2)c1F. The lowest BCUT2D eigenvalue weighted by Gasteiger charge is -2.08. The van der Waals surface area contributed by atoms with E-state index in [9.17, 15) is 8.78 Å². The molecule has 2 rings (SSSR count). The molecular formula is C11H8ClF2N3O. The van der Waals surface area contributed by atoms with Crippen molar-refractivity contribution in [3.8, 4) is 17.1 Å². The minimum Gasteiger partial charge on any atom is -0.492 e. The van der Waals surface area contributed by atoms with Crippen LogP contribution in [0.5, 0.6) is 5.75 Å². The number of anilines is 1. The predicted molar refractivity (Wildman–Crippen MR) is 63.4 cm³/mol. The van der Waals surface area contributed by atoms with Crippen LogP contribution in [0.15, 0.2) is 18.3 Å². The molecule has 0 unspecified atom stereocenters. The van der Waals surface area contributed by atoms with Crippen molar-refractivity contribution in [2.75, 3.05) is 12.8 Å². The predicted octanol–water partition coefficient (Wildman–Crippen LogP) is 2.67. The Morgan fingerprint density at radius 2 is 2.06 bits per heavy atom. The highest BCUT2D eigenvalue weighted by atomic mass is 35.5. The number of methoxy groups -OCH3 is 1. The van der Waals surface area contributed by atoms with Crippen LogP contribution in [-0.2, 0) is 0 Å². The lowest BCUT2D eigenvalue weighted by Crippen LogP contribution is -2.01. The van der Waals surface area contributed by atoms with E-state index in [2.05, 4.69) is 9.97 Å². The van der Waals surface area contributed by atoms with Gasteiger partial charge in [0.15, 0.2) is 29.0 Å². The maximum Gasteiger partial charge on any atom is 0.183 e. The molecule has 2 aromatic rings. The van der Waals surface area contributed by atoms with Crippen LogP contribution in [0.3, 0.4) is 0 Å². The summed E-state index contributed by atoms with van der Waals surface area (Å²) in [5.41, 5.74) is 5.33. The summed E-state index contributed by atoms with van der Waals surface area (Å²) >= 11 is 5.76.